The Kier molecular flexibility index (Phi) is 3.93. The molecular formula is C14H14F3NO3. The summed E-state index contributed by atoms with van der Waals surface area (Å²) in [6.45, 7) is 1.49. The second-order valence-corrected chi connectivity index (χ2v) is 5.36. The number of nitrogens with one attached hydrogen (secondary N) is 1. The zero-order valence-electron chi connectivity index (χ0n) is 11.3. The van der Waals surface area contributed by atoms with Gasteiger partial charge in [-0.1, -0.05) is 6.42 Å². The second-order valence-electron chi connectivity index (χ2n) is 5.36. The molecule has 0 bridgehead atoms. The van der Waals surface area contributed by atoms with Crippen molar-refractivity contribution in [3.05, 3.63) is 35.1 Å². The van der Waals surface area contributed by atoms with Crippen LogP contribution in [0.3, 0.4) is 0 Å². The Bertz CT molecular complexity index is 605. The largest absolute Gasteiger partial charge is 0.481 e. The maximum absolute atomic E-state index is 13.5. The van der Waals surface area contributed by atoms with Crippen LogP contribution in [-0.2, 0) is 4.79 Å². The molecule has 0 radical (unpaired) electrons. The van der Waals surface area contributed by atoms with Crippen LogP contribution in [0.25, 0.3) is 0 Å². The molecule has 1 aromatic carbocycles. The van der Waals surface area contributed by atoms with E-state index in [4.69, 9.17) is 0 Å². The van der Waals surface area contributed by atoms with Crippen molar-refractivity contribution in [3.63, 3.8) is 0 Å². The van der Waals surface area contributed by atoms with Crippen molar-refractivity contribution < 1.29 is 27.9 Å². The lowest BCUT2D eigenvalue weighted by Crippen LogP contribution is -2.47. The van der Waals surface area contributed by atoms with Crippen LogP contribution in [-0.4, -0.2) is 23.0 Å². The molecule has 4 nitrogen and oxygen atoms in total. The molecule has 0 heterocycles. The van der Waals surface area contributed by atoms with Gasteiger partial charge in [-0.05, 0) is 31.9 Å². The highest BCUT2D eigenvalue weighted by molar-refractivity contribution is 5.95. The first-order valence-electron chi connectivity index (χ1n) is 6.45. The van der Waals surface area contributed by atoms with Gasteiger partial charge in [-0.3, -0.25) is 9.59 Å². The Morgan fingerprint density at radius 1 is 1.29 bits per heavy atom. The van der Waals surface area contributed by atoms with Gasteiger partial charge in [-0.25, -0.2) is 13.2 Å². The van der Waals surface area contributed by atoms with Gasteiger partial charge in [-0.2, -0.15) is 0 Å². The summed E-state index contributed by atoms with van der Waals surface area (Å²) in [6, 6.07) is 0.795. The summed E-state index contributed by atoms with van der Waals surface area (Å²) < 4.78 is 39.5. The van der Waals surface area contributed by atoms with Gasteiger partial charge in [0.25, 0.3) is 5.91 Å². The van der Waals surface area contributed by atoms with Gasteiger partial charge in [0.2, 0.25) is 0 Å². The first kappa shape index (κ1) is 15.3. The van der Waals surface area contributed by atoms with Crippen LogP contribution in [0.4, 0.5) is 13.2 Å². The zero-order valence-corrected chi connectivity index (χ0v) is 11.3. The van der Waals surface area contributed by atoms with E-state index in [-0.39, 0.29) is 0 Å². The molecule has 1 aliphatic carbocycles. The number of carbonyl (C=O) groups excluding carboxylic acids is 1. The monoisotopic (exact) mass is 301 g/mol. The Morgan fingerprint density at radius 3 is 2.57 bits per heavy atom. The van der Waals surface area contributed by atoms with E-state index in [1.165, 1.54) is 6.92 Å². The van der Waals surface area contributed by atoms with Gasteiger partial charge in [0.1, 0.15) is 0 Å². The van der Waals surface area contributed by atoms with Crippen molar-refractivity contribution in [1.82, 2.24) is 5.32 Å². The molecule has 114 valence electrons. The molecule has 21 heavy (non-hydrogen) atoms. The van der Waals surface area contributed by atoms with Crippen molar-refractivity contribution in [1.29, 1.82) is 0 Å². The van der Waals surface area contributed by atoms with Crippen molar-refractivity contribution >= 4 is 11.9 Å². The van der Waals surface area contributed by atoms with Crippen LogP contribution in [0.1, 0.15) is 36.5 Å². The van der Waals surface area contributed by atoms with Gasteiger partial charge in [0, 0.05) is 6.04 Å². The fourth-order valence-corrected chi connectivity index (χ4v) is 2.59. The normalized spacial score (nSPS) is 24.9. The maximum atomic E-state index is 13.5. The summed E-state index contributed by atoms with van der Waals surface area (Å²) in [5.41, 5.74) is -1.79. The predicted molar refractivity (Wildman–Crippen MR) is 67.2 cm³/mol. The molecular weight excluding hydrogens is 287 g/mol. The fourth-order valence-electron chi connectivity index (χ4n) is 2.59. The number of halogens is 3. The smallest absolute Gasteiger partial charge is 0.311 e. The molecule has 2 unspecified atom stereocenters. The van der Waals surface area contributed by atoms with Crippen molar-refractivity contribution in [3.8, 4) is 0 Å². The molecule has 0 saturated heterocycles. The van der Waals surface area contributed by atoms with E-state index in [9.17, 15) is 27.9 Å². The van der Waals surface area contributed by atoms with Crippen molar-refractivity contribution in [2.45, 2.75) is 32.2 Å². The Labute approximate surface area is 119 Å². The number of hydrogen-bond acceptors (Lipinski definition) is 2. The SMILES string of the molecule is CC1(C(=O)O)CCCC1NC(=O)c1ccc(F)c(F)c1F. The molecule has 7 heteroatoms. The average Bonchev–Trinajstić information content (AvgIpc) is 2.79. The number of hydrogen-bond donors (Lipinski definition) is 2. The first-order valence-corrected chi connectivity index (χ1v) is 6.45. The lowest BCUT2D eigenvalue weighted by molar-refractivity contribution is -0.148. The third-order valence-electron chi connectivity index (χ3n) is 4.03. The van der Waals surface area contributed by atoms with E-state index in [2.05, 4.69) is 5.32 Å². The fraction of sp³-hybridized carbons (Fsp3) is 0.429. The molecule has 2 N–H and O–H groups in total. The van der Waals surface area contributed by atoms with Gasteiger partial charge < -0.3 is 10.4 Å². The van der Waals surface area contributed by atoms with Crippen LogP contribution in [0.2, 0.25) is 0 Å². The maximum Gasteiger partial charge on any atom is 0.311 e. The molecule has 0 aromatic heterocycles. The van der Waals surface area contributed by atoms with Crippen LogP contribution in [0, 0.1) is 22.9 Å². The predicted octanol–water partition coefficient (Wildman–Crippen LogP) is 2.48. The topological polar surface area (TPSA) is 66.4 Å². The van der Waals surface area contributed by atoms with Crippen molar-refractivity contribution in [2.24, 2.45) is 5.41 Å². The molecule has 1 saturated carbocycles. The van der Waals surface area contributed by atoms with E-state index >= 15 is 0 Å². The van der Waals surface area contributed by atoms with Crippen LogP contribution < -0.4 is 5.32 Å². The number of aliphatic carboxylic acids is 1. The molecule has 0 aliphatic heterocycles. The number of carbonyl (C=O) groups is 2. The molecule has 1 fully saturated rings. The highest BCUT2D eigenvalue weighted by atomic mass is 19.2. The third-order valence-corrected chi connectivity index (χ3v) is 4.03. The van der Waals surface area contributed by atoms with Gasteiger partial charge in [0.15, 0.2) is 17.5 Å². The summed E-state index contributed by atoms with van der Waals surface area (Å²) >= 11 is 0. The summed E-state index contributed by atoms with van der Waals surface area (Å²) in [7, 11) is 0. The van der Waals surface area contributed by atoms with E-state index in [1.807, 2.05) is 0 Å². The van der Waals surface area contributed by atoms with Crippen LogP contribution >= 0.6 is 0 Å². The minimum atomic E-state index is -1.73. The lowest BCUT2D eigenvalue weighted by Gasteiger charge is -2.27. The molecule has 2 rings (SSSR count). The average molecular weight is 301 g/mol. The summed E-state index contributed by atoms with van der Waals surface area (Å²) in [6.07, 6.45) is 1.42. The Morgan fingerprint density at radius 2 is 1.95 bits per heavy atom. The Balaban J connectivity index is 2.23. The molecule has 1 aliphatic rings. The van der Waals surface area contributed by atoms with Gasteiger partial charge in [-0.15, -0.1) is 0 Å². The minimum Gasteiger partial charge on any atom is -0.481 e. The van der Waals surface area contributed by atoms with Crippen LogP contribution in [0.5, 0.6) is 0 Å². The van der Waals surface area contributed by atoms with E-state index < -0.39 is 46.3 Å². The number of carboxylic acid groups (broad SMARTS) is 1. The summed E-state index contributed by atoms with van der Waals surface area (Å²) in [5, 5.41) is 11.6. The number of rotatable bonds is 3. The van der Waals surface area contributed by atoms with Gasteiger partial charge >= 0.3 is 5.97 Å². The molecule has 1 aromatic rings. The van der Waals surface area contributed by atoms with Crippen LogP contribution in [0.15, 0.2) is 12.1 Å². The standard InChI is InChI=1S/C14H14F3NO3/c1-14(13(20)21)6-2-3-9(14)18-12(19)7-4-5-8(15)11(17)10(7)16/h4-5,9H,2-3,6H2,1H3,(H,18,19)(H,20,21). The van der Waals surface area contributed by atoms with E-state index in [0.717, 1.165) is 6.07 Å². The quantitative estimate of drug-likeness (QED) is 0.843. The number of amides is 1. The van der Waals surface area contributed by atoms with Gasteiger partial charge in [0.05, 0.1) is 11.0 Å². The minimum absolute atomic E-state index is 0.382. The molecule has 2 atom stereocenters. The second kappa shape index (κ2) is 5.38. The van der Waals surface area contributed by atoms with Crippen molar-refractivity contribution in [2.75, 3.05) is 0 Å². The molecule has 1 amide bonds. The third kappa shape index (κ3) is 2.59. The highest BCUT2D eigenvalue weighted by Gasteiger charge is 2.46. The zero-order chi connectivity index (χ0) is 15.8. The number of carboxylic acids is 1. The highest BCUT2D eigenvalue weighted by Crippen LogP contribution is 2.38. The summed E-state index contributed by atoms with van der Waals surface area (Å²) in [5.74, 6) is -6.71. The lowest BCUT2D eigenvalue weighted by atomic mass is 9.85. The summed E-state index contributed by atoms with van der Waals surface area (Å²) in [4.78, 5) is 23.2. The molecule has 0 spiro atoms. The van der Waals surface area contributed by atoms with E-state index in [1.54, 1.807) is 0 Å². The van der Waals surface area contributed by atoms with E-state index in [0.29, 0.717) is 25.3 Å². The Hall–Kier alpha value is -2.05. The first-order chi connectivity index (χ1) is 9.77. The number of benzene rings is 1.